The van der Waals surface area contributed by atoms with Crippen molar-refractivity contribution in [2.75, 3.05) is 20.3 Å². The SMILES string of the molecule is COCCC(C)(O)CNCc1cc(C)n(C)c1C. The Hall–Kier alpha value is -0.840. The van der Waals surface area contributed by atoms with E-state index in [0.717, 1.165) is 6.54 Å². The van der Waals surface area contributed by atoms with Gasteiger partial charge in [-0.3, -0.25) is 0 Å². The summed E-state index contributed by atoms with van der Waals surface area (Å²) in [6, 6.07) is 2.19. The lowest BCUT2D eigenvalue weighted by molar-refractivity contribution is 0.0247. The van der Waals surface area contributed by atoms with Crippen LogP contribution in [0, 0.1) is 13.8 Å². The Labute approximate surface area is 110 Å². The number of ether oxygens (including phenoxy) is 1. The molecule has 1 aromatic heterocycles. The summed E-state index contributed by atoms with van der Waals surface area (Å²) in [7, 11) is 3.72. The van der Waals surface area contributed by atoms with E-state index in [9.17, 15) is 5.11 Å². The fourth-order valence-corrected chi connectivity index (χ4v) is 1.99. The van der Waals surface area contributed by atoms with Gasteiger partial charge in [-0.15, -0.1) is 0 Å². The second-order valence-electron chi connectivity index (χ2n) is 5.30. The average molecular weight is 254 g/mol. The van der Waals surface area contributed by atoms with Crippen LogP contribution in [0.1, 0.15) is 30.3 Å². The van der Waals surface area contributed by atoms with Gasteiger partial charge < -0.3 is 19.7 Å². The Morgan fingerprint density at radius 3 is 2.61 bits per heavy atom. The second-order valence-corrected chi connectivity index (χ2v) is 5.30. The lowest BCUT2D eigenvalue weighted by atomic mass is 10.0. The molecule has 0 spiro atoms. The van der Waals surface area contributed by atoms with Crippen molar-refractivity contribution in [1.29, 1.82) is 0 Å². The van der Waals surface area contributed by atoms with Gasteiger partial charge in [-0.2, -0.15) is 0 Å². The van der Waals surface area contributed by atoms with Crippen LogP contribution in [0.25, 0.3) is 0 Å². The van der Waals surface area contributed by atoms with E-state index in [2.05, 4.69) is 36.8 Å². The largest absolute Gasteiger partial charge is 0.389 e. The Kier molecular flexibility index (Phi) is 5.38. The van der Waals surface area contributed by atoms with Crippen molar-refractivity contribution < 1.29 is 9.84 Å². The minimum Gasteiger partial charge on any atom is -0.389 e. The van der Waals surface area contributed by atoms with Crippen LogP contribution in [0.2, 0.25) is 0 Å². The number of aliphatic hydroxyl groups is 1. The third-order valence-corrected chi connectivity index (χ3v) is 3.55. The predicted octanol–water partition coefficient (Wildman–Crippen LogP) is 1.52. The number of aryl methyl sites for hydroxylation is 1. The van der Waals surface area contributed by atoms with Crippen molar-refractivity contribution in [1.82, 2.24) is 9.88 Å². The van der Waals surface area contributed by atoms with Crippen LogP contribution in [0.5, 0.6) is 0 Å². The molecular formula is C14H26N2O2. The summed E-state index contributed by atoms with van der Waals surface area (Å²) in [5, 5.41) is 13.4. The van der Waals surface area contributed by atoms with Crippen molar-refractivity contribution >= 4 is 0 Å². The maximum atomic E-state index is 10.1. The van der Waals surface area contributed by atoms with Gasteiger partial charge in [0.1, 0.15) is 0 Å². The van der Waals surface area contributed by atoms with Crippen molar-refractivity contribution in [2.24, 2.45) is 7.05 Å². The van der Waals surface area contributed by atoms with E-state index in [-0.39, 0.29) is 0 Å². The van der Waals surface area contributed by atoms with E-state index < -0.39 is 5.60 Å². The highest BCUT2D eigenvalue weighted by molar-refractivity contribution is 5.26. The fraction of sp³-hybridized carbons (Fsp3) is 0.714. The van der Waals surface area contributed by atoms with Gasteiger partial charge in [0, 0.05) is 51.7 Å². The number of nitrogens with one attached hydrogen (secondary N) is 1. The standard InChI is InChI=1S/C14H26N2O2/c1-11-8-13(12(2)16(11)4)9-15-10-14(3,17)6-7-18-5/h8,15,17H,6-7,9-10H2,1-5H3. The number of hydrogen-bond donors (Lipinski definition) is 2. The molecule has 1 rings (SSSR count). The Morgan fingerprint density at radius 1 is 1.44 bits per heavy atom. The summed E-state index contributed by atoms with van der Waals surface area (Å²) in [6.07, 6.45) is 0.642. The molecule has 0 aliphatic heterocycles. The second kappa shape index (κ2) is 6.36. The first-order valence-electron chi connectivity index (χ1n) is 6.41. The zero-order chi connectivity index (χ0) is 13.8. The Balaban J connectivity index is 2.44. The van der Waals surface area contributed by atoms with E-state index >= 15 is 0 Å². The molecule has 0 aliphatic rings. The van der Waals surface area contributed by atoms with Crippen molar-refractivity contribution in [3.8, 4) is 0 Å². The highest BCUT2D eigenvalue weighted by atomic mass is 16.5. The first-order valence-corrected chi connectivity index (χ1v) is 6.41. The van der Waals surface area contributed by atoms with Crippen LogP contribution >= 0.6 is 0 Å². The maximum Gasteiger partial charge on any atom is 0.0765 e. The topological polar surface area (TPSA) is 46.4 Å². The molecule has 0 aliphatic carbocycles. The third-order valence-electron chi connectivity index (χ3n) is 3.55. The molecule has 0 saturated carbocycles. The van der Waals surface area contributed by atoms with E-state index in [4.69, 9.17) is 4.74 Å². The van der Waals surface area contributed by atoms with E-state index in [1.807, 2.05) is 6.92 Å². The summed E-state index contributed by atoms with van der Waals surface area (Å²) < 4.78 is 7.17. The Morgan fingerprint density at radius 2 is 2.11 bits per heavy atom. The van der Waals surface area contributed by atoms with E-state index in [1.165, 1.54) is 17.0 Å². The highest BCUT2D eigenvalue weighted by Gasteiger charge is 2.19. The zero-order valence-electron chi connectivity index (χ0n) is 12.2. The fourth-order valence-electron chi connectivity index (χ4n) is 1.99. The molecule has 1 heterocycles. The van der Waals surface area contributed by atoms with Crippen LogP contribution in [-0.4, -0.2) is 35.5 Å². The average Bonchev–Trinajstić information content (AvgIpc) is 2.54. The van der Waals surface area contributed by atoms with Crippen molar-refractivity contribution in [2.45, 2.75) is 39.3 Å². The molecule has 0 fully saturated rings. The molecule has 0 bridgehead atoms. The van der Waals surface area contributed by atoms with Gasteiger partial charge in [0.15, 0.2) is 0 Å². The number of nitrogens with zero attached hydrogens (tertiary/aromatic N) is 1. The van der Waals surface area contributed by atoms with Crippen LogP contribution in [0.4, 0.5) is 0 Å². The summed E-state index contributed by atoms with van der Waals surface area (Å²) in [5.41, 5.74) is 3.11. The molecule has 4 nitrogen and oxygen atoms in total. The first kappa shape index (κ1) is 15.2. The van der Waals surface area contributed by atoms with Crippen LogP contribution < -0.4 is 5.32 Å². The van der Waals surface area contributed by atoms with Gasteiger partial charge in [-0.1, -0.05) is 0 Å². The molecule has 1 aromatic rings. The molecule has 0 saturated heterocycles. The van der Waals surface area contributed by atoms with Gasteiger partial charge in [0.25, 0.3) is 0 Å². The maximum absolute atomic E-state index is 10.1. The lowest BCUT2D eigenvalue weighted by Crippen LogP contribution is -2.38. The third kappa shape index (κ3) is 4.12. The van der Waals surface area contributed by atoms with Gasteiger partial charge in [0.05, 0.1) is 5.60 Å². The normalized spacial score (nSPS) is 14.8. The van der Waals surface area contributed by atoms with Gasteiger partial charge in [0.2, 0.25) is 0 Å². The monoisotopic (exact) mass is 254 g/mol. The summed E-state index contributed by atoms with van der Waals surface area (Å²) in [4.78, 5) is 0. The molecule has 1 atom stereocenters. The quantitative estimate of drug-likeness (QED) is 0.775. The van der Waals surface area contributed by atoms with Crippen molar-refractivity contribution in [3.05, 3.63) is 23.0 Å². The first-order chi connectivity index (χ1) is 8.37. The molecule has 0 aromatic carbocycles. The Bertz CT molecular complexity index is 383. The number of hydrogen-bond acceptors (Lipinski definition) is 3. The highest BCUT2D eigenvalue weighted by Crippen LogP contribution is 2.13. The summed E-state index contributed by atoms with van der Waals surface area (Å²) in [5.74, 6) is 0. The molecule has 1 unspecified atom stereocenters. The van der Waals surface area contributed by atoms with Gasteiger partial charge >= 0.3 is 0 Å². The van der Waals surface area contributed by atoms with E-state index in [0.29, 0.717) is 19.6 Å². The predicted molar refractivity (Wildman–Crippen MR) is 73.7 cm³/mol. The summed E-state index contributed by atoms with van der Waals surface area (Å²) in [6.45, 7) is 8.00. The van der Waals surface area contributed by atoms with Crippen LogP contribution in [0.15, 0.2) is 6.07 Å². The number of rotatable bonds is 7. The smallest absolute Gasteiger partial charge is 0.0765 e. The van der Waals surface area contributed by atoms with Gasteiger partial charge in [-0.05, 0) is 32.4 Å². The number of methoxy groups -OCH3 is 1. The van der Waals surface area contributed by atoms with Crippen molar-refractivity contribution in [3.63, 3.8) is 0 Å². The summed E-state index contributed by atoms with van der Waals surface area (Å²) >= 11 is 0. The molecule has 0 amide bonds. The molecule has 4 heteroatoms. The lowest BCUT2D eigenvalue weighted by Gasteiger charge is -2.23. The minimum absolute atomic E-state index is 0.573. The number of aromatic nitrogens is 1. The van der Waals surface area contributed by atoms with Crippen LogP contribution in [0.3, 0.4) is 0 Å². The molecule has 0 radical (unpaired) electrons. The minimum atomic E-state index is -0.715. The molecular weight excluding hydrogens is 228 g/mol. The van der Waals surface area contributed by atoms with Crippen LogP contribution in [-0.2, 0) is 18.3 Å². The molecule has 2 N–H and O–H groups in total. The molecule has 104 valence electrons. The van der Waals surface area contributed by atoms with E-state index in [1.54, 1.807) is 7.11 Å². The van der Waals surface area contributed by atoms with Gasteiger partial charge in [-0.25, -0.2) is 0 Å². The molecule has 18 heavy (non-hydrogen) atoms. The zero-order valence-corrected chi connectivity index (χ0v) is 12.2.